The zero-order valence-corrected chi connectivity index (χ0v) is 12.1. The maximum Gasteiger partial charge on any atom is 0.324 e. The maximum atomic E-state index is 11.7. The van der Waals surface area contributed by atoms with E-state index < -0.39 is 0 Å². The molecule has 0 unspecified atom stereocenters. The Balaban J connectivity index is 2.40. The molecule has 0 aliphatic rings. The molecule has 0 amide bonds. The van der Waals surface area contributed by atoms with E-state index in [1.54, 1.807) is 23.1 Å². The fourth-order valence-corrected chi connectivity index (χ4v) is 3.69. The predicted molar refractivity (Wildman–Crippen MR) is 75.7 cm³/mol. The third-order valence-electron chi connectivity index (χ3n) is 2.50. The molecule has 0 radical (unpaired) electrons. The summed E-state index contributed by atoms with van der Waals surface area (Å²) in [6.07, 6.45) is 4.96. The number of unbranched alkanes of at least 4 members (excludes halogenated alkanes) is 3. The van der Waals surface area contributed by atoms with Gasteiger partial charge in [-0.3, -0.25) is 4.79 Å². The summed E-state index contributed by atoms with van der Waals surface area (Å²) < 4.78 is 4.86. The topological polar surface area (TPSA) is 26.3 Å². The minimum atomic E-state index is -0.137. The fraction of sp³-hybridized carbons (Fsp3) is 0.615. The monoisotopic (exact) mass is 272 g/mol. The van der Waals surface area contributed by atoms with Crippen molar-refractivity contribution in [3.63, 3.8) is 0 Å². The van der Waals surface area contributed by atoms with Gasteiger partial charge in [-0.05, 0) is 23.6 Å². The van der Waals surface area contributed by atoms with Crippen molar-refractivity contribution >= 4 is 29.1 Å². The maximum absolute atomic E-state index is 11.7. The first kappa shape index (κ1) is 14.6. The lowest BCUT2D eigenvalue weighted by Gasteiger charge is -2.12. The molecule has 0 saturated carbocycles. The molecule has 17 heavy (non-hydrogen) atoms. The molecule has 0 aliphatic carbocycles. The van der Waals surface area contributed by atoms with Crippen molar-refractivity contribution in [2.45, 2.75) is 37.9 Å². The van der Waals surface area contributed by atoms with Crippen LogP contribution in [0, 0.1) is 0 Å². The van der Waals surface area contributed by atoms with E-state index in [9.17, 15) is 4.79 Å². The van der Waals surface area contributed by atoms with Crippen molar-refractivity contribution in [1.82, 2.24) is 0 Å². The third kappa shape index (κ3) is 5.13. The normalized spacial score (nSPS) is 12.4. The number of thioether (sulfide) groups is 1. The van der Waals surface area contributed by atoms with E-state index in [0.29, 0.717) is 0 Å². The average Bonchev–Trinajstić information content (AvgIpc) is 2.86. The third-order valence-corrected chi connectivity index (χ3v) is 4.89. The molecular formula is C13H20O2S2. The molecular weight excluding hydrogens is 252 g/mol. The van der Waals surface area contributed by atoms with E-state index in [0.717, 1.165) is 10.6 Å². The molecule has 1 atom stereocenters. The molecule has 1 aromatic heterocycles. The Hall–Kier alpha value is -0.480. The molecule has 2 nitrogen and oxygen atoms in total. The summed E-state index contributed by atoms with van der Waals surface area (Å²) in [4.78, 5) is 12.8. The number of methoxy groups -OCH3 is 1. The minimum Gasteiger partial charge on any atom is -0.468 e. The first-order valence-corrected chi connectivity index (χ1v) is 7.95. The molecule has 0 bridgehead atoms. The van der Waals surface area contributed by atoms with Crippen LogP contribution >= 0.6 is 23.1 Å². The Morgan fingerprint density at radius 2 is 2.29 bits per heavy atom. The molecule has 0 aliphatic heterocycles. The number of carbonyl (C=O) groups is 1. The molecule has 96 valence electrons. The SMILES string of the molecule is CCCCCCS[C@@H](C(=O)OC)c1cccs1. The lowest BCUT2D eigenvalue weighted by atomic mass is 10.2. The number of thiophene rings is 1. The highest BCUT2D eigenvalue weighted by atomic mass is 32.2. The number of hydrogen-bond donors (Lipinski definition) is 0. The lowest BCUT2D eigenvalue weighted by molar-refractivity contribution is -0.140. The van der Waals surface area contributed by atoms with Crippen LogP contribution in [0.25, 0.3) is 0 Å². The van der Waals surface area contributed by atoms with Gasteiger partial charge in [0.25, 0.3) is 0 Å². The predicted octanol–water partition coefficient (Wildman–Crippen LogP) is 4.28. The van der Waals surface area contributed by atoms with Gasteiger partial charge in [0.2, 0.25) is 0 Å². The molecule has 0 N–H and O–H groups in total. The number of carbonyl (C=O) groups excluding carboxylic acids is 1. The summed E-state index contributed by atoms with van der Waals surface area (Å²) >= 11 is 3.32. The van der Waals surface area contributed by atoms with Crippen molar-refractivity contribution in [1.29, 1.82) is 0 Å². The van der Waals surface area contributed by atoms with E-state index in [4.69, 9.17) is 4.74 Å². The van der Waals surface area contributed by atoms with Crippen molar-refractivity contribution in [3.05, 3.63) is 22.4 Å². The van der Waals surface area contributed by atoms with Gasteiger partial charge in [-0.2, -0.15) is 0 Å². The molecule has 0 fully saturated rings. The highest BCUT2D eigenvalue weighted by molar-refractivity contribution is 8.00. The molecule has 1 rings (SSSR count). The van der Waals surface area contributed by atoms with Gasteiger partial charge in [0, 0.05) is 4.88 Å². The number of esters is 1. The molecule has 0 spiro atoms. The first-order chi connectivity index (χ1) is 8.29. The van der Waals surface area contributed by atoms with E-state index in [1.807, 2.05) is 17.5 Å². The Morgan fingerprint density at radius 1 is 1.47 bits per heavy atom. The lowest BCUT2D eigenvalue weighted by Crippen LogP contribution is -2.10. The van der Waals surface area contributed by atoms with Crippen LogP contribution in [-0.2, 0) is 9.53 Å². The second-order valence-corrected chi connectivity index (χ2v) is 6.04. The molecule has 0 saturated heterocycles. The molecule has 0 aromatic carbocycles. The van der Waals surface area contributed by atoms with Gasteiger partial charge < -0.3 is 4.74 Å². The summed E-state index contributed by atoms with van der Waals surface area (Å²) in [5.41, 5.74) is 0. The van der Waals surface area contributed by atoms with Crippen LogP contribution in [-0.4, -0.2) is 18.8 Å². The Bertz CT molecular complexity index is 309. The van der Waals surface area contributed by atoms with Crippen LogP contribution < -0.4 is 0 Å². The van der Waals surface area contributed by atoms with Gasteiger partial charge in [-0.1, -0.05) is 32.3 Å². The fourth-order valence-electron chi connectivity index (χ4n) is 1.54. The summed E-state index contributed by atoms with van der Waals surface area (Å²) in [6, 6.07) is 3.98. The smallest absolute Gasteiger partial charge is 0.324 e. The Kier molecular flexibility index (Phi) is 7.37. The van der Waals surface area contributed by atoms with Gasteiger partial charge in [0.05, 0.1) is 7.11 Å². The quantitative estimate of drug-likeness (QED) is 0.522. The van der Waals surface area contributed by atoms with Crippen LogP contribution in [0.15, 0.2) is 17.5 Å². The van der Waals surface area contributed by atoms with Gasteiger partial charge in [-0.25, -0.2) is 0 Å². The average molecular weight is 272 g/mol. The van der Waals surface area contributed by atoms with E-state index in [-0.39, 0.29) is 11.2 Å². The van der Waals surface area contributed by atoms with Crippen LogP contribution in [0.5, 0.6) is 0 Å². The second-order valence-electron chi connectivity index (χ2n) is 3.85. The number of rotatable bonds is 8. The Labute approximate surface area is 112 Å². The van der Waals surface area contributed by atoms with Gasteiger partial charge in [0.15, 0.2) is 0 Å². The minimum absolute atomic E-state index is 0.132. The molecule has 1 heterocycles. The summed E-state index contributed by atoms with van der Waals surface area (Å²) in [5, 5.41) is 1.87. The zero-order chi connectivity index (χ0) is 12.5. The van der Waals surface area contributed by atoms with Crippen molar-refractivity contribution in [3.8, 4) is 0 Å². The van der Waals surface area contributed by atoms with Crippen LogP contribution in [0.2, 0.25) is 0 Å². The van der Waals surface area contributed by atoms with Gasteiger partial charge >= 0.3 is 5.97 Å². The number of ether oxygens (including phenoxy) is 1. The van der Waals surface area contributed by atoms with E-state index in [1.165, 1.54) is 32.8 Å². The summed E-state index contributed by atoms with van der Waals surface area (Å²) in [6.45, 7) is 2.20. The van der Waals surface area contributed by atoms with Crippen molar-refractivity contribution in [2.75, 3.05) is 12.9 Å². The van der Waals surface area contributed by atoms with E-state index >= 15 is 0 Å². The van der Waals surface area contributed by atoms with Crippen LogP contribution in [0.4, 0.5) is 0 Å². The molecule has 1 aromatic rings. The van der Waals surface area contributed by atoms with E-state index in [2.05, 4.69) is 6.92 Å². The van der Waals surface area contributed by atoms with Gasteiger partial charge in [-0.15, -0.1) is 23.1 Å². The van der Waals surface area contributed by atoms with Gasteiger partial charge in [0.1, 0.15) is 5.25 Å². The second kappa shape index (κ2) is 8.59. The highest BCUT2D eigenvalue weighted by Gasteiger charge is 2.22. The van der Waals surface area contributed by atoms with Crippen LogP contribution in [0.3, 0.4) is 0 Å². The first-order valence-electron chi connectivity index (χ1n) is 6.02. The zero-order valence-electron chi connectivity index (χ0n) is 10.5. The summed E-state index contributed by atoms with van der Waals surface area (Å²) in [7, 11) is 1.46. The van der Waals surface area contributed by atoms with Crippen molar-refractivity contribution in [2.24, 2.45) is 0 Å². The summed E-state index contributed by atoms with van der Waals surface area (Å²) in [5.74, 6) is 0.894. The molecule has 4 heteroatoms. The van der Waals surface area contributed by atoms with Crippen LogP contribution in [0.1, 0.15) is 42.7 Å². The van der Waals surface area contributed by atoms with Crippen molar-refractivity contribution < 1.29 is 9.53 Å². The standard InChI is InChI=1S/C13H20O2S2/c1-3-4-5-6-9-17-12(13(14)15-2)11-8-7-10-16-11/h7-8,10,12H,3-6,9H2,1-2H3/t12-/m1/s1. The number of hydrogen-bond acceptors (Lipinski definition) is 4. The Morgan fingerprint density at radius 3 is 2.88 bits per heavy atom. The largest absolute Gasteiger partial charge is 0.468 e. The highest BCUT2D eigenvalue weighted by Crippen LogP contribution is 2.33.